The van der Waals surface area contributed by atoms with Crippen LogP contribution in [0.15, 0.2) is 49.2 Å². The van der Waals surface area contributed by atoms with Gasteiger partial charge in [-0.25, -0.2) is 0 Å². The number of thiophene rings is 1. The lowest BCUT2D eigenvalue weighted by molar-refractivity contribution is -0.139. The summed E-state index contributed by atoms with van der Waals surface area (Å²) in [4.78, 5) is 28.6. The molecule has 0 radical (unpaired) electrons. The lowest BCUT2D eigenvalue weighted by atomic mass is 9.91. The number of fused-ring (bicyclic) bond motifs is 1. The number of rotatable bonds is 15. The fourth-order valence-electron chi connectivity index (χ4n) is 4.64. The second-order valence-corrected chi connectivity index (χ2v) is 13.2. The van der Waals surface area contributed by atoms with Crippen molar-refractivity contribution in [3.05, 3.63) is 49.9 Å². The molecule has 0 amide bonds. The van der Waals surface area contributed by atoms with E-state index in [0.29, 0.717) is 27.7 Å². The molecule has 1 aliphatic heterocycles. The van der Waals surface area contributed by atoms with Gasteiger partial charge in [0.1, 0.15) is 17.6 Å². The number of benzene rings is 1. The van der Waals surface area contributed by atoms with Gasteiger partial charge in [0.2, 0.25) is 0 Å². The maximum Gasteiger partial charge on any atom is 0.314 e. The molecular weight excluding hydrogens is 547 g/mol. The number of carbonyl (C=O) groups excluding carboxylic acids is 2. The van der Waals surface area contributed by atoms with Crippen LogP contribution in [-0.2, 0) is 16.0 Å². The van der Waals surface area contributed by atoms with Gasteiger partial charge < -0.3 is 9.84 Å². The molecular formula is C31H39NO4S3. The third-order valence-corrected chi connectivity index (χ3v) is 10.8. The average molecular weight is 586 g/mol. The highest BCUT2D eigenvalue weighted by Crippen LogP contribution is 2.58. The lowest BCUT2D eigenvalue weighted by Crippen LogP contribution is -2.20. The second kappa shape index (κ2) is 15.7. The van der Waals surface area contributed by atoms with E-state index in [2.05, 4.69) is 26.8 Å². The molecule has 3 unspecified atom stereocenters. The maximum atomic E-state index is 13.3. The van der Waals surface area contributed by atoms with Crippen LogP contribution in [0.5, 0.6) is 5.75 Å². The number of ether oxygens (including phenoxy) is 1. The van der Waals surface area contributed by atoms with Gasteiger partial charge >= 0.3 is 5.97 Å². The number of hydrogen-bond acceptors (Lipinski definition) is 8. The Morgan fingerprint density at radius 3 is 2.23 bits per heavy atom. The lowest BCUT2D eigenvalue weighted by Gasteiger charge is -2.17. The number of unbranched alkanes of at least 4 members (excludes halogenated alkanes) is 2. The quantitative estimate of drug-likeness (QED) is 0.127. The topological polar surface area (TPSA) is 87.4 Å². The number of esters is 1. The van der Waals surface area contributed by atoms with Gasteiger partial charge in [0.05, 0.1) is 26.7 Å². The molecule has 39 heavy (non-hydrogen) atoms. The summed E-state index contributed by atoms with van der Waals surface area (Å²) in [6.45, 7) is 8.30. The number of nitrogens with zero attached hydrogens (tertiary/aromatic N) is 1. The van der Waals surface area contributed by atoms with Crippen LogP contribution in [0.4, 0.5) is 0 Å². The number of aliphatic hydroxyl groups is 1. The summed E-state index contributed by atoms with van der Waals surface area (Å²) in [6, 6.07) is 9.54. The minimum Gasteiger partial charge on any atom is -0.425 e. The van der Waals surface area contributed by atoms with Gasteiger partial charge in [-0.1, -0.05) is 89.0 Å². The molecule has 0 spiro atoms. The number of hydrogen-bond donors (Lipinski definition) is 1. The van der Waals surface area contributed by atoms with Gasteiger partial charge in [0.25, 0.3) is 0 Å². The Kier molecular flexibility index (Phi) is 12.6. The molecule has 0 bridgehead atoms. The van der Waals surface area contributed by atoms with Crippen LogP contribution in [0, 0.1) is 23.2 Å². The largest absolute Gasteiger partial charge is 0.425 e. The van der Waals surface area contributed by atoms with Crippen LogP contribution in [0.2, 0.25) is 0 Å². The Bertz CT molecular complexity index is 1140. The molecule has 3 atom stereocenters. The van der Waals surface area contributed by atoms with E-state index in [4.69, 9.17) is 4.74 Å². The molecule has 0 aliphatic carbocycles. The number of aliphatic hydroxyl groups excluding tert-OH is 1. The van der Waals surface area contributed by atoms with Gasteiger partial charge in [-0.2, -0.15) is 5.26 Å². The van der Waals surface area contributed by atoms with Crippen molar-refractivity contribution in [2.75, 3.05) is 0 Å². The molecule has 0 fully saturated rings. The minimum absolute atomic E-state index is 0.0198. The highest BCUT2D eigenvalue weighted by Gasteiger charge is 2.32. The fourth-order valence-corrected chi connectivity index (χ4v) is 8.08. The molecule has 2 heterocycles. The molecule has 210 valence electrons. The molecule has 0 saturated carbocycles. The standard InChI is InChI=1S/C31H39NO4S3/c1-5-9-12-20(7-3)24(33)18-22-15-16-25(36-30(35)21(8-4)13-10-6-2)29-28(22)38-31(39-29)23(19-32)27(34)26-14-11-17-37-26/h11,14-17,20-21,27,34H,5-10,12-13,18H2,1-4H3/b31-23-. The normalized spacial score (nSPS) is 16.2. The van der Waals surface area contributed by atoms with Gasteiger partial charge in [0, 0.05) is 22.1 Å². The summed E-state index contributed by atoms with van der Waals surface area (Å²) in [5.74, 6) is 0.270. The summed E-state index contributed by atoms with van der Waals surface area (Å²) in [5.41, 5.74) is 1.14. The zero-order valence-corrected chi connectivity index (χ0v) is 25.8. The zero-order chi connectivity index (χ0) is 28.4. The molecule has 0 saturated heterocycles. The van der Waals surface area contributed by atoms with Crippen molar-refractivity contribution in [1.82, 2.24) is 0 Å². The van der Waals surface area contributed by atoms with E-state index in [1.54, 1.807) is 6.07 Å². The molecule has 1 N–H and O–H groups in total. The Morgan fingerprint density at radius 2 is 1.64 bits per heavy atom. The van der Waals surface area contributed by atoms with E-state index in [1.165, 1.54) is 34.9 Å². The van der Waals surface area contributed by atoms with E-state index in [1.807, 2.05) is 30.5 Å². The Balaban J connectivity index is 1.98. The monoisotopic (exact) mass is 585 g/mol. The first-order valence-corrected chi connectivity index (χ1v) is 16.5. The van der Waals surface area contributed by atoms with E-state index in [-0.39, 0.29) is 29.2 Å². The van der Waals surface area contributed by atoms with Crippen LogP contribution >= 0.6 is 34.9 Å². The summed E-state index contributed by atoms with van der Waals surface area (Å²) in [7, 11) is 0. The van der Waals surface area contributed by atoms with Crippen molar-refractivity contribution in [1.29, 1.82) is 5.26 Å². The number of ketones is 1. The van der Waals surface area contributed by atoms with E-state index in [0.717, 1.165) is 60.3 Å². The number of Topliss-reactive ketones (excluding diaryl/α,β-unsaturated/α-hetero) is 1. The number of nitriles is 1. The number of carbonyl (C=O) groups is 2. The van der Waals surface area contributed by atoms with Crippen LogP contribution in [0.25, 0.3) is 0 Å². The van der Waals surface area contributed by atoms with Gasteiger partial charge in [-0.15, -0.1) is 11.3 Å². The van der Waals surface area contributed by atoms with Crippen LogP contribution in [-0.4, -0.2) is 16.9 Å². The molecule has 2 aromatic rings. The first-order valence-electron chi connectivity index (χ1n) is 14.0. The van der Waals surface area contributed by atoms with E-state index in [9.17, 15) is 20.0 Å². The highest BCUT2D eigenvalue weighted by atomic mass is 32.2. The predicted octanol–water partition coefficient (Wildman–Crippen LogP) is 8.86. The van der Waals surface area contributed by atoms with Crippen molar-refractivity contribution in [2.24, 2.45) is 11.8 Å². The molecule has 3 rings (SSSR count). The van der Waals surface area contributed by atoms with Gasteiger partial charge in [-0.05, 0) is 48.8 Å². The molecule has 1 aliphatic rings. The SMILES string of the molecule is CCCCC(CC)C(=O)Cc1ccc(OC(=O)C(CC)CCCC)c2c1S/C(=C(\C#N)C(O)c1cccs1)S2. The first kappa shape index (κ1) is 31.5. The van der Waals surface area contributed by atoms with Crippen molar-refractivity contribution < 1.29 is 19.4 Å². The van der Waals surface area contributed by atoms with E-state index < -0.39 is 6.10 Å². The van der Waals surface area contributed by atoms with Gasteiger partial charge in [-0.3, -0.25) is 9.59 Å². The van der Waals surface area contributed by atoms with Crippen molar-refractivity contribution >= 4 is 46.6 Å². The molecule has 8 heteroatoms. The van der Waals surface area contributed by atoms with Crippen LogP contribution < -0.4 is 4.74 Å². The average Bonchev–Trinajstić information content (AvgIpc) is 3.63. The second-order valence-electron chi connectivity index (χ2n) is 9.88. The Labute approximate surface area is 245 Å². The molecule has 1 aromatic carbocycles. The highest BCUT2D eigenvalue weighted by molar-refractivity contribution is 8.24. The van der Waals surface area contributed by atoms with Crippen LogP contribution in [0.3, 0.4) is 0 Å². The molecule has 1 aromatic heterocycles. The maximum absolute atomic E-state index is 13.3. The summed E-state index contributed by atoms with van der Waals surface area (Å²) >= 11 is 4.13. The van der Waals surface area contributed by atoms with Crippen molar-refractivity contribution in [3.8, 4) is 11.8 Å². The zero-order valence-electron chi connectivity index (χ0n) is 23.3. The third kappa shape index (κ3) is 8.00. The number of thioether (sulfide) groups is 2. The smallest absolute Gasteiger partial charge is 0.314 e. The van der Waals surface area contributed by atoms with Crippen LogP contribution in [0.1, 0.15) is 95.6 Å². The van der Waals surface area contributed by atoms with E-state index >= 15 is 0 Å². The van der Waals surface area contributed by atoms with Crippen molar-refractivity contribution in [3.63, 3.8) is 0 Å². The van der Waals surface area contributed by atoms with Crippen molar-refractivity contribution in [2.45, 2.75) is 101 Å². The molecule has 5 nitrogen and oxygen atoms in total. The predicted molar refractivity (Wildman–Crippen MR) is 161 cm³/mol. The minimum atomic E-state index is -1.03. The fraction of sp³-hybridized carbons (Fsp3) is 0.516. The summed E-state index contributed by atoms with van der Waals surface area (Å²) in [5, 5.41) is 22.9. The summed E-state index contributed by atoms with van der Waals surface area (Å²) < 4.78 is 6.61. The third-order valence-electron chi connectivity index (χ3n) is 7.14. The Morgan fingerprint density at radius 1 is 0.974 bits per heavy atom. The first-order chi connectivity index (χ1) is 18.9. The summed E-state index contributed by atoms with van der Waals surface area (Å²) in [6.07, 6.45) is 6.52. The Hall–Kier alpha value is -2.05. The van der Waals surface area contributed by atoms with Gasteiger partial charge in [0.15, 0.2) is 0 Å².